The van der Waals surface area contributed by atoms with E-state index in [9.17, 15) is 9.59 Å². The molecule has 0 unspecified atom stereocenters. The van der Waals surface area contributed by atoms with Crippen molar-refractivity contribution in [3.8, 4) is 10.6 Å². The second-order valence-electron chi connectivity index (χ2n) is 6.82. The first kappa shape index (κ1) is 16.2. The molecule has 2 aliphatic rings. The Kier molecular flexibility index (Phi) is 3.83. The number of fused-ring (bicyclic) bond motifs is 1. The van der Waals surface area contributed by atoms with E-state index >= 15 is 0 Å². The molecule has 1 atom stereocenters. The predicted octanol–water partition coefficient (Wildman–Crippen LogP) is 3.23. The number of pyridine rings is 1. The molecule has 0 aromatic carbocycles. The highest BCUT2D eigenvalue weighted by Gasteiger charge is 2.39. The molecule has 1 aliphatic carbocycles. The number of amides is 2. The molecular weight excluding hydrogens is 336 g/mol. The van der Waals surface area contributed by atoms with Crippen LogP contribution in [0.25, 0.3) is 10.6 Å². The number of nitrogens with one attached hydrogen (secondary N) is 1. The molecule has 25 heavy (non-hydrogen) atoms. The number of aryl methyl sites for hydroxylation is 1. The Morgan fingerprint density at radius 2 is 2.12 bits per heavy atom. The van der Waals surface area contributed by atoms with Crippen LogP contribution in [0.5, 0.6) is 0 Å². The highest BCUT2D eigenvalue weighted by molar-refractivity contribution is 7.19. The minimum atomic E-state index is -0.141. The second-order valence-corrected chi connectivity index (χ2v) is 7.82. The zero-order valence-electron chi connectivity index (χ0n) is 14.5. The number of hydrogen-bond acceptors (Lipinski definition) is 5. The summed E-state index contributed by atoms with van der Waals surface area (Å²) in [4.78, 5) is 35.8. The number of hydrogen-bond donors (Lipinski definition) is 1. The summed E-state index contributed by atoms with van der Waals surface area (Å²) in [6.07, 6.45) is 2.43. The maximum atomic E-state index is 12.6. The zero-order valence-corrected chi connectivity index (χ0v) is 15.3. The van der Waals surface area contributed by atoms with Gasteiger partial charge >= 0.3 is 0 Å². The smallest absolute Gasteiger partial charge is 0.256 e. The van der Waals surface area contributed by atoms with Gasteiger partial charge in [-0.05, 0) is 44.7 Å². The van der Waals surface area contributed by atoms with Gasteiger partial charge in [-0.3, -0.25) is 9.59 Å². The van der Waals surface area contributed by atoms with Gasteiger partial charge in [-0.1, -0.05) is 11.3 Å². The van der Waals surface area contributed by atoms with Crippen molar-refractivity contribution < 1.29 is 9.59 Å². The van der Waals surface area contributed by atoms with Gasteiger partial charge in [-0.2, -0.15) is 0 Å². The highest BCUT2D eigenvalue weighted by atomic mass is 32.1. The molecule has 1 saturated carbocycles. The lowest BCUT2D eigenvalue weighted by Crippen LogP contribution is -2.34. The molecule has 0 radical (unpaired) electrons. The normalized spacial score (nSPS) is 17.6. The van der Waals surface area contributed by atoms with Gasteiger partial charge in [0.2, 0.25) is 5.91 Å². The molecule has 0 saturated heterocycles. The summed E-state index contributed by atoms with van der Waals surface area (Å²) in [5.41, 5.74) is 3.18. The van der Waals surface area contributed by atoms with Crippen molar-refractivity contribution in [1.82, 2.24) is 14.9 Å². The molecule has 1 N–H and O–H groups in total. The monoisotopic (exact) mass is 356 g/mol. The number of thiazole rings is 1. The van der Waals surface area contributed by atoms with Crippen molar-refractivity contribution in [3.63, 3.8) is 0 Å². The van der Waals surface area contributed by atoms with Gasteiger partial charge < -0.3 is 10.2 Å². The Balaban J connectivity index is 1.63. The summed E-state index contributed by atoms with van der Waals surface area (Å²) >= 11 is 1.41. The second kappa shape index (κ2) is 5.91. The van der Waals surface area contributed by atoms with E-state index in [1.165, 1.54) is 31.1 Å². The number of carbonyl (C=O) groups excluding carboxylic acids is 2. The first-order valence-electron chi connectivity index (χ1n) is 8.50. The van der Waals surface area contributed by atoms with Crippen LogP contribution in [0.2, 0.25) is 0 Å². The van der Waals surface area contributed by atoms with E-state index in [1.54, 1.807) is 0 Å². The van der Waals surface area contributed by atoms with Crippen molar-refractivity contribution >= 4 is 28.3 Å². The van der Waals surface area contributed by atoms with Gasteiger partial charge in [0.15, 0.2) is 5.13 Å². The van der Waals surface area contributed by atoms with E-state index in [4.69, 9.17) is 4.98 Å². The quantitative estimate of drug-likeness (QED) is 0.913. The highest BCUT2D eigenvalue weighted by Crippen LogP contribution is 2.39. The third-order valence-electron chi connectivity index (χ3n) is 4.89. The SMILES string of the molecule is CC(=O)Nc1nc(C)c(-c2ccc3c(n2)CN([C@@H](C)C2CC2)C3=O)s1. The van der Waals surface area contributed by atoms with Crippen molar-refractivity contribution in [2.75, 3.05) is 5.32 Å². The fourth-order valence-corrected chi connectivity index (χ4v) is 4.31. The van der Waals surface area contributed by atoms with Crippen LogP contribution < -0.4 is 5.32 Å². The summed E-state index contributed by atoms with van der Waals surface area (Å²) in [5.74, 6) is 0.590. The standard InChI is InChI=1S/C18H20N4O2S/c1-9-16(25-18(19-9)20-11(3)23)14-7-6-13-15(21-14)8-22(17(13)24)10(2)12-4-5-12/h6-7,10,12H,4-5,8H2,1-3H3,(H,19,20,23)/t10-/m0/s1. The van der Waals surface area contributed by atoms with Crippen LogP contribution >= 0.6 is 11.3 Å². The fourth-order valence-electron chi connectivity index (χ4n) is 3.33. The van der Waals surface area contributed by atoms with Crippen LogP contribution in [-0.4, -0.2) is 32.7 Å². The minimum absolute atomic E-state index is 0.0911. The first-order chi connectivity index (χ1) is 11.9. The van der Waals surface area contributed by atoms with Gasteiger partial charge in [0.05, 0.1) is 34.1 Å². The van der Waals surface area contributed by atoms with E-state index < -0.39 is 0 Å². The van der Waals surface area contributed by atoms with E-state index in [0.29, 0.717) is 23.2 Å². The zero-order chi connectivity index (χ0) is 17.7. The lowest BCUT2D eigenvalue weighted by Gasteiger charge is -2.23. The summed E-state index contributed by atoms with van der Waals surface area (Å²) in [6, 6.07) is 4.03. The predicted molar refractivity (Wildman–Crippen MR) is 96.4 cm³/mol. The van der Waals surface area contributed by atoms with Gasteiger partial charge in [0, 0.05) is 13.0 Å². The Bertz CT molecular complexity index is 872. The Morgan fingerprint density at radius 1 is 1.36 bits per heavy atom. The molecule has 130 valence electrons. The summed E-state index contributed by atoms with van der Waals surface area (Å²) in [6.45, 7) is 6.08. The van der Waals surface area contributed by atoms with E-state index in [0.717, 1.165) is 22.0 Å². The molecule has 7 heteroatoms. The topological polar surface area (TPSA) is 75.2 Å². The molecule has 0 bridgehead atoms. The van der Waals surface area contributed by atoms with E-state index in [1.807, 2.05) is 24.0 Å². The Hall–Kier alpha value is -2.28. The Morgan fingerprint density at radius 3 is 2.80 bits per heavy atom. The lowest BCUT2D eigenvalue weighted by atomic mass is 10.1. The number of aromatic nitrogens is 2. The molecular formula is C18H20N4O2S. The molecule has 1 aliphatic heterocycles. The number of anilines is 1. The molecule has 1 fully saturated rings. The maximum absolute atomic E-state index is 12.6. The number of carbonyl (C=O) groups is 2. The number of nitrogens with zero attached hydrogens (tertiary/aromatic N) is 3. The summed E-state index contributed by atoms with van der Waals surface area (Å²) < 4.78 is 0. The average Bonchev–Trinajstić information content (AvgIpc) is 3.28. The fraction of sp³-hybridized carbons (Fsp3) is 0.444. The van der Waals surface area contributed by atoms with Crippen molar-refractivity contribution in [1.29, 1.82) is 0 Å². The van der Waals surface area contributed by atoms with Crippen LogP contribution in [-0.2, 0) is 11.3 Å². The van der Waals surface area contributed by atoms with Gasteiger partial charge in [-0.25, -0.2) is 9.97 Å². The van der Waals surface area contributed by atoms with E-state index in [2.05, 4.69) is 17.2 Å². The van der Waals surface area contributed by atoms with Crippen molar-refractivity contribution in [2.45, 2.75) is 46.2 Å². The Labute approximate surface area is 150 Å². The molecule has 2 aromatic heterocycles. The largest absolute Gasteiger partial charge is 0.330 e. The van der Waals surface area contributed by atoms with Crippen LogP contribution in [0.3, 0.4) is 0 Å². The van der Waals surface area contributed by atoms with Crippen LogP contribution in [0.1, 0.15) is 48.4 Å². The third-order valence-corrected chi connectivity index (χ3v) is 5.99. The number of rotatable bonds is 4. The van der Waals surface area contributed by atoms with Crippen molar-refractivity contribution in [3.05, 3.63) is 29.1 Å². The molecule has 2 aromatic rings. The minimum Gasteiger partial charge on any atom is -0.330 e. The molecule has 4 rings (SSSR count). The van der Waals surface area contributed by atoms with Crippen LogP contribution in [0.15, 0.2) is 12.1 Å². The molecule has 6 nitrogen and oxygen atoms in total. The summed E-state index contributed by atoms with van der Waals surface area (Å²) in [5, 5.41) is 3.29. The van der Waals surface area contributed by atoms with Gasteiger partial charge in [0.25, 0.3) is 5.91 Å². The maximum Gasteiger partial charge on any atom is 0.256 e. The average molecular weight is 356 g/mol. The summed E-state index contributed by atoms with van der Waals surface area (Å²) in [7, 11) is 0. The molecule has 0 spiro atoms. The van der Waals surface area contributed by atoms with E-state index in [-0.39, 0.29) is 17.9 Å². The molecule has 2 amide bonds. The van der Waals surface area contributed by atoms with Crippen LogP contribution in [0, 0.1) is 12.8 Å². The first-order valence-corrected chi connectivity index (χ1v) is 9.32. The van der Waals surface area contributed by atoms with Gasteiger partial charge in [-0.15, -0.1) is 0 Å². The van der Waals surface area contributed by atoms with Crippen LogP contribution in [0.4, 0.5) is 5.13 Å². The van der Waals surface area contributed by atoms with Crippen molar-refractivity contribution in [2.24, 2.45) is 5.92 Å². The van der Waals surface area contributed by atoms with Gasteiger partial charge in [0.1, 0.15) is 0 Å². The third kappa shape index (κ3) is 2.93. The lowest BCUT2D eigenvalue weighted by molar-refractivity contribution is -0.114. The molecule has 3 heterocycles.